The van der Waals surface area contributed by atoms with E-state index in [2.05, 4.69) is 42.6 Å². The zero-order chi connectivity index (χ0) is 13.8. The van der Waals surface area contributed by atoms with E-state index >= 15 is 0 Å². The Kier molecular flexibility index (Phi) is 4.69. The van der Waals surface area contributed by atoms with Crippen LogP contribution in [0.3, 0.4) is 0 Å². The molecule has 2 atom stereocenters. The summed E-state index contributed by atoms with van der Waals surface area (Å²) < 4.78 is 5.87. The largest absolute Gasteiger partial charge is 0.378 e. The molecule has 1 aliphatic heterocycles. The van der Waals surface area contributed by atoms with Crippen LogP contribution in [-0.4, -0.2) is 31.1 Å². The van der Waals surface area contributed by atoms with Gasteiger partial charge in [0.2, 0.25) is 0 Å². The Labute approximate surface area is 126 Å². The second-order valence-corrected chi connectivity index (χ2v) is 7.36. The van der Waals surface area contributed by atoms with Gasteiger partial charge in [-0.3, -0.25) is 0 Å². The molecule has 0 bridgehead atoms. The average molecular weight is 291 g/mol. The summed E-state index contributed by atoms with van der Waals surface area (Å²) in [5.41, 5.74) is 0.352. The number of thioether (sulfide) groups is 1. The Morgan fingerprint density at radius 3 is 2.75 bits per heavy atom. The molecule has 1 aliphatic carbocycles. The van der Waals surface area contributed by atoms with Gasteiger partial charge in [0, 0.05) is 29.5 Å². The molecule has 1 N–H and O–H groups in total. The summed E-state index contributed by atoms with van der Waals surface area (Å²) in [6.07, 6.45) is 5.58. The first-order valence-electron chi connectivity index (χ1n) is 7.81. The van der Waals surface area contributed by atoms with E-state index in [0.717, 1.165) is 19.2 Å². The van der Waals surface area contributed by atoms with Gasteiger partial charge in [0.25, 0.3) is 0 Å². The van der Waals surface area contributed by atoms with Crippen molar-refractivity contribution in [1.29, 1.82) is 0 Å². The topological polar surface area (TPSA) is 21.3 Å². The van der Waals surface area contributed by atoms with E-state index in [1.165, 1.54) is 36.3 Å². The van der Waals surface area contributed by atoms with Crippen LogP contribution in [0.15, 0.2) is 35.2 Å². The normalized spacial score (nSPS) is 29.8. The van der Waals surface area contributed by atoms with Crippen LogP contribution in [-0.2, 0) is 4.74 Å². The molecule has 0 amide bonds. The molecule has 0 aromatic heterocycles. The van der Waals surface area contributed by atoms with Crippen molar-refractivity contribution in [3.8, 4) is 0 Å². The lowest BCUT2D eigenvalue weighted by Gasteiger charge is -2.32. The lowest BCUT2D eigenvalue weighted by atomic mass is 9.79. The van der Waals surface area contributed by atoms with Crippen LogP contribution >= 0.6 is 11.8 Å². The van der Waals surface area contributed by atoms with Crippen molar-refractivity contribution >= 4 is 11.8 Å². The summed E-state index contributed by atoms with van der Waals surface area (Å²) in [6, 6.07) is 11.5. The van der Waals surface area contributed by atoms with Gasteiger partial charge in [-0.05, 0) is 50.5 Å². The molecule has 1 saturated carbocycles. The fraction of sp³-hybridized carbons (Fsp3) is 0.647. The molecule has 1 aromatic rings. The maximum absolute atomic E-state index is 5.87. The van der Waals surface area contributed by atoms with E-state index in [1.54, 1.807) is 0 Å². The summed E-state index contributed by atoms with van der Waals surface area (Å²) in [5, 5.41) is 3.73. The van der Waals surface area contributed by atoms with Gasteiger partial charge in [-0.25, -0.2) is 0 Å². The third-order valence-corrected chi connectivity index (χ3v) is 5.78. The van der Waals surface area contributed by atoms with Crippen LogP contribution in [0.1, 0.15) is 32.6 Å². The Hall–Kier alpha value is -0.510. The average Bonchev–Trinajstić information content (AvgIpc) is 3.23. The van der Waals surface area contributed by atoms with E-state index in [-0.39, 0.29) is 0 Å². The molecule has 0 spiro atoms. The van der Waals surface area contributed by atoms with Gasteiger partial charge in [-0.1, -0.05) is 18.2 Å². The minimum atomic E-state index is 0.352. The molecule has 3 heteroatoms. The highest BCUT2D eigenvalue weighted by molar-refractivity contribution is 7.99. The van der Waals surface area contributed by atoms with Crippen LogP contribution in [0.5, 0.6) is 0 Å². The monoisotopic (exact) mass is 291 g/mol. The van der Waals surface area contributed by atoms with Gasteiger partial charge in [-0.15, -0.1) is 11.8 Å². The predicted molar refractivity (Wildman–Crippen MR) is 85.3 cm³/mol. The molecule has 2 nitrogen and oxygen atoms in total. The molecule has 110 valence electrons. The lowest BCUT2D eigenvalue weighted by molar-refractivity contribution is 0.0614. The van der Waals surface area contributed by atoms with Gasteiger partial charge >= 0.3 is 0 Å². The second-order valence-electron chi connectivity index (χ2n) is 6.19. The smallest absolute Gasteiger partial charge is 0.0616 e. The fourth-order valence-corrected chi connectivity index (χ4v) is 4.09. The van der Waals surface area contributed by atoms with Crippen LogP contribution in [0.2, 0.25) is 0 Å². The molecule has 0 radical (unpaired) electrons. The number of rotatable bonds is 7. The van der Waals surface area contributed by atoms with E-state index in [1.807, 2.05) is 11.8 Å². The third-order valence-electron chi connectivity index (χ3n) is 4.76. The second kappa shape index (κ2) is 6.50. The van der Waals surface area contributed by atoms with E-state index < -0.39 is 0 Å². The maximum atomic E-state index is 5.87. The summed E-state index contributed by atoms with van der Waals surface area (Å²) in [7, 11) is 0. The van der Waals surface area contributed by atoms with Gasteiger partial charge in [0.05, 0.1) is 6.10 Å². The zero-order valence-electron chi connectivity index (χ0n) is 12.3. The highest BCUT2D eigenvalue weighted by atomic mass is 32.2. The summed E-state index contributed by atoms with van der Waals surface area (Å²) in [4.78, 5) is 1.38. The van der Waals surface area contributed by atoms with Crippen molar-refractivity contribution in [2.75, 3.05) is 18.9 Å². The van der Waals surface area contributed by atoms with Crippen molar-refractivity contribution in [2.45, 2.75) is 49.6 Å². The first kappa shape index (κ1) is 14.4. The predicted octanol–water partition coefficient (Wildman–Crippen LogP) is 3.72. The van der Waals surface area contributed by atoms with Gasteiger partial charge in [0.15, 0.2) is 0 Å². The Morgan fingerprint density at radius 2 is 2.10 bits per heavy atom. The van der Waals surface area contributed by atoms with Crippen LogP contribution in [0, 0.1) is 5.41 Å². The van der Waals surface area contributed by atoms with Crippen molar-refractivity contribution in [1.82, 2.24) is 5.32 Å². The van der Waals surface area contributed by atoms with E-state index in [0.29, 0.717) is 11.5 Å². The minimum absolute atomic E-state index is 0.352. The molecule has 2 fully saturated rings. The maximum Gasteiger partial charge on any atom is 0.0616 e. The molecule has 1 aromatic carbocycles. The number of benzene rings is 1. The molecule has 2 unspecified atom stereocenters. The first-order valence-corrected chi connectivity index (χ1v) is 8.80. The Balaban J connectivity index is 1.53. The highest BCUT2D eigenvalue weighted by Gasteiger charge is 2.41. The number of nitrogens with one attached hydrogen (secondary N) is 1. The number of ether oxygens (including phenoxy) is 1. The standard InChI is InChI=1S/C17H25NOS/c1-14-17(9-11-19-14,13-18-15-7-8-15)10-12-20-16-5-3-2-4-6-16/h2-6,14-15,18H,7-13H2,1H3. The zero-order valence-corrected chi connectivity index (χ0v) is 13.1. The summed E-state index contributed by atoms with van der Waals surface area (Å²) in [6.45, 7) is 4.33. The van der Waals surface area contributed by atoms with E-state index in [4.69, 9.17) is 4.74 Å². The SMILES string of the molecule is CC1OCCC1(CCSc1ccccc1)CNC1CC1. The quantitative estimate of drug-likeness (QED) is 0.774. The molecule has 2 aliphatic rings. The molecule has 1 saturated heterocycles. The van der Waals surface area contributed by atoms with Crippen molar-refractivity contribution in [3.05, 3.63) is 30.3 Å². The molecule has 3 rings (SSSR count). The highest BCUT2D eigenvalue weighted by Crippen LogP contribution is 2.40. The first-order chi connectivity index (χ1) is 9.78. The Morgan fingerprint density at radius 1 is 1.30 bits per heavy atom. The molecular weight excluding hydrogens is 266 g/mol. The molecule has 1 heterocycles. The van der Waals surface area contributed by atoms with Gasteiger partial charge < -0.3 is 10.1 Å². The fourth-order valence-electron chi connectivity index (χ4n) is 2.99. The number of hydrogen-bond acceptors (Lipinski definition) is 3. The Bertz CT molecular complexity index is 420. The minimum Gasteiger partial charge on any atom is -0.378 e. The van der Waals surface area contributed by atoms with Crippen molar-refractivity contribution < 1.29 is 4.74 Å². The number of hydrogen-bond donors (Lipinski definition) is 1. The van der Waals surface area contributed by atoms with Crippen molar-refractivity contribution in [2.24, 2.45) is 5.41 Å². The molecule has 20 heavy (non-hydrogen) atoms. The summed E-state index contributed by atoms with van der Waals surface area (Å²) in [5.74, 6) is 1.18. The molecular formula is C17H25NOS. The van der Waals surface area contributed by atoms with E-state index in [9.17, 15) is 0 Å². The van der Waals surface area contributed by atoms with Crippen molar-refractivity contribution in [3.63, 3.8) is 0 Å². The lowest BCUT2D eigenvalue weighted by Crippen LogP contribution is -2.40. The van der Waals surface area contributed by atoms with Gasteiger partial charge in [0.1, 0.15) is 0 Å². The van der Waals surface area contributed by atoms with Gasteiger partial charge in [-0.2, -0.15) is 0 Å². The van der Waals surface area contributed by atoms with Crippen LogP contribution < -0.4 is 5.32 Å². The van der Waals surface area contributed by atoms with Crippen LogP contribution in [0.25, 0.3) is 0 Å². The third kappa shape index (κ3) is 3.57. The van der Waals surface area contributed by atoms with Crippen LogP contribution in [0.4, 0.5) is 0 Å². The summed E-state index contributed by atoms with van der Waals surface area (Å²) >= 11 is 1.97.